The molecule has 0 fully saturated rings. The van der Waals surface area contributed by atoms with E-state index in [9.17, 15) is 18.0 Å². The van der Waals surface area contributed by atoms with Gasteiger partial charge in [-0.2, -0.15) is 0 Å². The number of primary amides is 1. The number of hydrogen-bond acceptors (Lipinski definition) is 5. The topological polar surface area (TPSA) is 108 Å². The van der Waals surface area contributed by atoms with Crippen LogP contribution in [0.3, 0.4) is 0 Å². The van der Waals surface area contributed by atoms with E-state index >= 15 is 0 Å². The highest BCUT2D eigenvalue weighted by Gasteiger charge is 2.23. The van der Waals surface area contributed by atoms with Crippen molar-refractivity contribution in [2.24, 2.45) is 5.73 Å². The van der Waals surface area contributed by atoms with Crippen molar-refractivity contribution in [1.29, 1.82) is 0 Å². The molecule has 2 aromatic carbocycles. The number of carbonyl (C=O) groups is 2. The largest absolute Gasteiger partial charge is 0.442 e. The lowest BCUT2D eigenvalue weighted by molar-refractivity contribution is 0.111. The van der Waals surface area contributed by atoms with E-state index in [1.165, 1.54) is 18.2 Å². The zero-order valence-corrected chi connectivity index (χ0v) is 14.6. The number of aldehydes is 1. The van der Waals surface area contributed by atoms with E-state index in [2.05, 4.69) is 0 Å². The van der Waals surface area contributed by atoms with Crippen molar-refractivity contribution in [2.75, 3.05) is 0 Å². The molecule has 0 aliphatic rings. The van der Waals surface area contributed by atoms with Gasteiger partial charge < -0.3 is 10.5 Å². The second kappa shape index (κ2) is 6.64. The predicted octanol–water partition coefficient (Wildman–Crippen LogP) is 2.85. The first kappa shape index (κ1) is 17.7. The second-order valence-corrected chi connectivity index (χ2v) is 7.45. The Morgan fingerprint density at radius 2 is 1.85 bits per heavy atom. The van der Waals surface area contributed by atoms with Crippen molar-refractivity contribution in [3.8, 4) is 0 Å². The SMILES string of the molecule is C[C@@H](OC(N)=O)c1ccc2cc(C=O)n(S(=O)(=O)c3ccccc3)c2c1. The minimum absolute atomic E-state index is 0.00414. The normalized spacial score (nSPS) is 12.7. The molecule has 26 heavy (non-hydrogen) atoms. The van der Waals surface area contributed by atoms with Crippen LogP contribution in [0.25, 0.3) is 10.9 Å². The Bertz CT molecular complexity index is 1090. The van der Waals surface area contributed by atoms with Gasteiger partial charge in [-0.05, 0) is 36.8 Å². The van der Waals surface area contributed by atoms with Crippen LogP contribution < -0.4 is 5.73 Å². The lowest BCUT2D eigenvalue weighted by atomic mass is 10.1. The van der Waals surface area contributed by atoms with Crippen molar-refractivity contribution in [2.45, 2.75) is 17.9 Å². The summed E-state index contributed by atoms with van der Waals surface area (Å²) >= 11 is 0. The Morgan fingerprint density at radius 1 is 1.15 bits per heavy atom. The number of rotatable bonds is 5. The summed E-state index contributed by atoms with van der Waals surface area (Å²) in [5.41, 5.74) is 5.91. The smallest absolute Gasteiger partial charge is 0.405 e. The van der Waals surface area contributed by atoms with Crippen molar-refractivity contribution in [1.82, 2.24) is 3.97 Å². The van der Waals surface area contributed by atoms with Crippen molar-refractivity contribution in [3.05, 3.63) is 65.9 Å². The number of hydrogen-bond donors (Lipinski definition) is 1. The molecule has 0 unspecified atom stereocenters. The molecule has 1 atom stereocenters. The summed E-state index contributed by atoms with van der Waals surface area (Å²) in [6.45, 7) is 1.62. The summed E-state index contributed by atoms with van der Waals surface area (Å²) in [4.78, 5) is 22.5. The zero-order valence-electron chi connectivity index (χ0n) is 13.8. The molecule has 8 heteroatoms. The maximum absolute atomic E-state index is 13.0. The van der Waals surface area contributed by atoms with Gasteiger partial charge in [0.05, 0.1) is 16.1 Å². The van der Waals surface area contributed by atoms with Crippen LogP contribution in [0.15, 0.2) is 59.5 Å². The summed E-state index contributed by atoms with van der Waals surface area (Å²) in [7, 11) is -3.98. The van der Waals surface area contributed by atoms with Crippen LogP contribution >= 0.6 is 0 Å². The van der Waals surface area contributed by atoms with Gasteiger partial charge >= 0.3 is 6.09 Å². The van der Waals surface area contributed by atoms with Crippen LogP contribution in [0.1, 0.15) is 29.1 Å². The van der Waals surface area contributed by atoms with Gasteiger partial charge in [0.1, 0.15) is 6.10 Å². The molecule has 0 aliphatic carbocycles. The molecule has 3 aromatic rings. The van der Waals surface area contributed by atoms with Gasteiger partial charge in [0.2, 0.25) is 0 Å². The molecule has 0 saturated carbocycles. The number of amides is 1. The van der Waals surface area contributed by atoms with Gasteiger partial charge in [-0.3, -0.25) is 4.79 Å². The third-order valence-corrected chi connectivity index (χ3v) is 5.73. The number of ether oxygens (including phenoxy) is 1. The summed E-state index contributed by atoms with van der Waals surface area (Å²) in [6.07, 6.45) is -1.11. The van der Waals surface area contributed by atoms with Crippen LogP contribution in [0, 0.1) is 0 Å². The predicted molar refractivity (Wildman–Crippen MR) is 95.4 cm³/mol. The average molecular weight is 372 g/mol. The molecule has 0 spiro atoms. The van der Waals surface area contributed by atoms with Crippen LogP contribution in [0.4, 0.5) is 4.79 Å². The second-order valence-electron chi connectivity index (χ2n) is 5.67. The lowest BCUT2D eigenvalue weighted by Crippen LogP contribution is -2.16. The van der Waals surface area contributed by atoms with Crippen LogP contribution in [-0.4, -0.2) is 24.8 Å². The quantitative estimate of drug-likeness (QED) is 0.693. The fourth-order valence-corrected chi connectivity index (χ4v) is 4.26. The molecule has 1 amide bonds. The summed E-state index contributed by atoms with van der Waals surface area (Å²) in [5, 5.41) is 0.571. The number of aromatic nitrogens is 1. The van der Waals surface area contributed by atoms with E-state index in [-0.39, 0.29) is 10.6 Å². The first-order valence-electron chi connectivity index (χ1n) is 7.72. The number of nitrogens with two attached hydrogens (primary N) is 1. The van der Waals surface area contributed by atoms with E-state index in [4.69, 9.17) is 10.5 Å². The molecule has 1 heterocycles. The van der Waals surface area contributed by atoms with Crippen molar-refractivity contribution >= 4 is 33.3 Å². The lowest BCUT2D eigenvalue weighted by Gasteiger charge is -2.13. The summed E-state index contributed by atoms with van der Waals surface area (Å²) in [5.74, 6) is 0. The molecule has 3 rings (SSSR count). The highest BCUT2D eigenvalue weighted by Crippen LogP contribution is 2.28. The minimum Gasteiger partial charge on any atom is -0.442 e. The summed E-state index contributed by atoms with van der Waals surface area (Å²) in [6, 6.07) is 14.2. The van der Waals surface area contributed by atoms with Gasteiger partial charge in [0.25, 0.3) is 10.0 Å². The fraction of sp³-hybridized carbons (Fsp3) is 0.111. The van der Waals surface area contributed by atoms with Gasteiger partial charge in [0.15, 0.2) is 6.29 Å². The van der Waals surface area contributed by atoms with E-state index in [1.54, 1.807) is 43.3 Å². The summed E-state index contributed by atoms with van der Waals surface area (Å²) < 4.78 is 32.0. The number of fused-ring (bicyclic) bond motifs is 1. The van der Waals surface area contributed by atoms with Gasteiger partial charge in [-0.1, -0.05) is 30.3 Å². The first-order chi connectivity index (χ1) is 12.3. The minimum atomic E-state index is -3.98. The number of nitrogens with zero attached hydrogens (tertiary/aromatic N) is 1. The zero-order chi connectivity index (χ0) is 18.9. The van der Waals surface area contributed by atoms with Crippen molar-refractivity contribution < 1.29 is 22.7 Å². The molecule has 134 valence electrons. The molecule has 0 radical (unpaired) electrons. The molecule has 1 aromatic heterocycles. The number of benzene rings is 2. The Morgan fingerprint density at radius 3 is 2.46 bits per heavy atom. The van der Waals surface area contributed by atoms with Gasteiger partial charge in [-0.15, -0.1) is 0 Å². The molecular formula is C18H16N2O5S. The monoisotopic (exact) mass is 372 g/mol. The highest BCUT2D eigenvalue weighted by atomic mass is 32.2. The average Bonchev–Trinajstić information content (AvgIpc) is 3.00. The van der Waals surface area contributed by atoms with E-state index in [1.807, 2.05) is 0 Å². The fourth-order valence-electron chi connectivity index (χ4n) is 2.76. The Labute approximate surface area is 150 Å². The maximum Gasteiger partial charge on any atom is 0.405 e. The highest BCUT2D eigenvalue weighted by molar-refractivity contribution is 7.90. The molecule has 7 nitrogen and oxygen atoms in total. The Balaban J connectivity index is 2.23. The van der Waals surface area contributed by atoms with E-state index in [0.717, 1.165) is 3.97 Å². The van der Waals surface area contributed by atoms with Crippen LogP contribution in [0.5, 0.6) is 0 Å². The molecule has 0 bridgehead atoms. The third kappa shape index (κ3) is 3.06. The first-order valence-corrected chi connectivity index (χ1v) is 9.16. The Hall–Kier alpha value is -3.13. The van der Waals surface area contributed by atoms with Crippen LogP contribution in [0.2, 0.25) is 0 Å². The molecular weight excluding hydrogens is 356 g/mol. The molecule has 2 N–H and O–H groups in total. The maximum atomic E-state index is 13.0. The van der Waals surface area contributed by atoms with Crippen molar-refractivity contribution in [3.63, 3.8) is 0 Å². The Kier molecular flexibility index (Phi) is 4.52. The van der Waals surface area contributed by atoms with Gasteiger partial charge in [-0.25, -0.2) is 17.2 Å². The standard InChI is InChI=1S/C18H16N2O5S/c1-12(25-18(19)22)13-7-8-14-9-15(11-21)20(17(14)10-13)26(23,24)16-5-3-2-4-6-16/h2-12H,1H3,(H2,19,22)/t12-/m1/s1. The molecule has 0 aliphatic heterocycles. The number of carbonyl (C=O) groups excluding carboxylic acids is 2. The third-order valence-electron chi connectivity index (χ3n) is 3.98. The van der Waals surface area contributed by atoms with E-state index < -0.39 is 22.2 Å². The molecule has 0 saturated heterocycles. The van der Waals surface area contributed by atoms with Gasteiger partial charge in [0, 0.05) is 5.39 Å². The van der Waals surface area contributed by atoms with Crippen LogP contribution in [-0.2, 0) is 14.8 Å². The van der Waals surface area contributed by atoms with E-state index in [0.29, 0.717) is 22.8 Å².